The van der Waals surface area contributed by atoms with Crippen molar-refractivity contribution >= 4 is 22.9 Å². The maximum Gasteiger partial charge on any atom is 0.307 e. The van der Waals surface area contributed by atoms with E-state index < -0.39 is 23.2 Å². The Morgan fingerprint density at radius 3 is 2.67 bits per heavy atom. The van der Waals surface area contributed by atoms with Gasteiger partial charge in [0.05, 0.1) is 36.5 Å². The highest BCUT2D eigenvalue weighted by Gasteiger charge is 2.65. The van der Waals surface area contributed by atoms with Gasteiger partial charge in [0, 0.05) is 13.1 Å². The van der Waals surface area contributed by atoms with Crippen LogP contribution in [-0.4, -0.2) is 33.6 Å². The van der Waals surface area contributed by atoms with Crippen molar-refractivity contribution < 1.29 is 19.4 Å². The van der Waals surface area contributed by atoms with Gasteiger partial charge in [0.25, 0.3) is 0 Å². The van der Waals surface area contributed by atoms with E-state index in [-0.39, 0.29) is 12.5 Å². The number of hydrogen-bond acceptors (Lipinski definition) is 4. The van der Waals surface area contributed by atoms with E-state index >= 15 is 0 Å². The van der Waals surface area contributed by atoms with Gasteiger partial charge in [-0.3, -0.25) is 9.59 Å². The number of amides is 1. The number of nitrogens with zero attached hydrogens (tertiary/aromatic N) is 2. The van der Waals surface area contributed by atoms with E-state index in [1.54, 1.807) is 21.0 Å². The fourth-order valence-corrected chi connectivity index (χ4v) is 3.38. The Bertz CT molecular complexity index is 825. The van der Waals surface area contributed by atoms with Crippen LogP contribution in [0.5, 0.6) is 5.75 Å². The van der Waals surface area contributed by atoms with Gasteiger partial charge in [-0.15, -0.1) is 0 Å². The fraction of sp³-hybridized carbons (Fsp3) is 0.471. The van der Waals surface area contributed by atoms with E-state index in [1.807, 2.05) is 29.8 Å². The fourth-order valence-electron chi connectivity index (χ4n) is 3.38. The van der Waals surface area contributed by atoms with E-state index in [0.29, 0.717) is 5.82 Å². The molecule has 0 spiro atoms. The minimum Gasteiger partial charge on any atom is -0.497 e. The molecule has 7 heteroatoms. The van der Waals surface area contributed by atoms with Gasteiger partial charge in [0.2, 0.25) is 5.91 Å². The number of aromatic nitrogens is 2. The summed E-state index contributed by atoms with van der Waals surface area (Å²) in [4.78, 5) is 28.0. The van der Waals surface area contributed by atoms with Crippen molar-refractivity contribution in [3.63, 3.8) is 0 Å². The summed E-state index contributed by atoms with van der Waals surface area (Å²) in [5, 5.41) is 12.0. The third-order valence-electron chi connectivity index (χ3n) is 4.98. The van der Waals surface area contributed by atoms with E-state index in [9.17, 15) is 14.7 Å². The highest BCUT2D eigenvalue weighted by Crippen LogP contribution is 2.58. The highest BCUT2D eigenvalue weighted by atomic mass is 16.5. The number of nitrogens with one attached hydrogen (secondary N) is 1. The number of ether oxygens (including phenoxy) is 1. The van der Waals surface area contributed by atoms with Crippen molar-refractivity contribution in [1.82, 2.24) is 14.9 Å². The van der Waals surface area contributed by atoms with Gasteiger partial charge in [-0.25, -0.2) is 4.98 Å². The molecule has 1 saturated carbocycles. The van der Waals surface area contributed by atoms with Crippen LogP contribution in [0.2, 0.25) is 0 Å². The summed E-state index contributed by atoms with van der Waals surface area (Å²) in [6.07, 6.45) is 0. The van der Waals surface area contributed by atoms with E-state index in [2.05, 4.69) is 10.3 Å². The molecule has 1 aliphatic carbocycles. The lowest BCUT2D eigenvalue weighted by Gasteiger charge is -2.06. The smallest absolute Gasteiger partial charge is 0.307 e. The lowest BCUT2D eigenvalue weighted by atomic mass is 10.1. The Labute approximate surface area is 139 Å². The average Bonchev–Trinajstić information content (AvgIpc) is 2.99. The third kappa shape index (κ3) is 2.50. The number of imidazole rings is 1. The molecule has 0 aliphatic heterocycles. The summed E-state index contributed by atoms with van der Waals surface area (Å²) in [7, 11) is 3.48. The Balaban J connectivity index is 1.73. The minimum atomic E-state index is -0.921. The van der Waals surface area contributed by atoms with Crippen molar-refractivity contribution in [2.75, 3.05) is 7.11 Å². The van der Waals surface area contributed by atoms with Crippen LogP contribution in [0.15, 0.2) is 18.2 Å². The number of aliphatic carboxylic acids is 1. The van der Waals surface area contributed by atoms with Gasteiger partial charge in [0.1, 0.15) is 11.6 Å². The first-order valence-corrected chi connectivity index (χ1v) is 7.77. The molecule has 7 nitrogen and oxygen atoms in total. The molecule has 2 atom stereocenters. The highest BCUT2D eigenvalue weighted by molar-refractivity contribution is 5.91. The molecule has 0 unspecified atom stereocenters. The van der Waals surface area contributed by atoms with Crippen LogP contribution in [0, 0.1) is 17.3 Å². The molecule has 0 radical (unpaired) electrons. The standard InChI is InChI=1S/C17H21N3O4/c1-17(2)13(14(17)16(22)23)15(21)18-8-12-19-10-7-9(24-4)5-6-11(10)20(12)3/h5-7,13-14H,8H2,1-4H3,(H,18,21)(H,22,23)/t13-,14+/m0/s1. The van der Waals surface area contributed by atoms with Crippen LogP contribution in [0.3, 0.4) is 0 Å². The number of benzene rings is 1. The Kier molecular flexibility index (Phi) is 3.74. The normalized spacial score (nSPS) is 21.5. The van der Waals surface area contributed by atoms with Crippen LogP contribution in [0.4, 0.5) is 0 Å². The molecule has 0 bridgehead atoms. The van der Waals surface area contributed by atoms with Crippen molar-refractivity contribution in [2.24, 2.45) is 24.3 Å². The quantitative estimate of drug-likeness (QED) is 0.867. The summed E-state index contributed by atoms with van der Waals surface area (Å²) in [5.41, 5.74) is 1.22. The van der Waals surface area contributed by atoms with Crippen LogP contribution in [0.1, 0.15) is 19.7 Å². The van der Waals surface area contributed by atoms with E-state index in [4.69, 9.17) is 4.74 Å². The summed E-state index contributed by atoms with van der Waals surface area (Å²) in [5.74, 6) is -0.851. The van der Waals surface area contributed by atoms with Crippen molar-refractivity contribution in [2.45, 2.75) is 20.4 Å². The molecule has 0 saturated heterocycles. The zero-order valence-corrected chi connectivity index (χ0v) is 14.2. The van der Waals surface area contributed by atoms with Crippen molar-refractivity contribution in [1.29, 1.82) is 0 Å². The molecular formula is C17H21N3O4. The summed E-state index contributed by atoms with van der Waals surface area (Å²) in [6, 6.07) is 5.61. The second kappa shape index (κ2) is 5.51. The molecule has 1 aliphatic rings. The first-order chi connectivity index (χ1) is 11.3. The average molecular weight is 331 g/mol. The lowest BCUT2D eigenvalue weighted by Crippen LogP contribution is -2.28. The minimum absolute atomic E-state index is 0.239. The number of fused-ring (bicyclic) bond motifs is 1. The number of carboxylic acid groups (broad SMARTS) is 1. The summed E-state index contributed by atoms with van der Waals surface area (Å²) < 4.78 is 7.10. The van der Waals surface area contributed by atoms with Gasteiger partial charge in [0.15, 0.2) is 0 Å². The molecule has 128 valence electrons. The second-order valence-electron chi connectivity index (χ2n) is 6.77. The first kappa shape index (κ1) is 16.3. The lowest BCUT2D eigenvalue weighted by molar-refractivity contribution is -0.140. The van der Waals surface area contributed by atoms with E-state index in [1.165, 1.54) is 0 Å². The monoisotopic (exact) mass is 331 g/mol. The SMILES string of the molecule is COc1ccc2c(c1)nc(CNC(=O)[C@@H]1[C@H](C(=O)O)C1(C)C)n2C. The van der Waals surface area contributed by atoms with E-state index in [0.717, 1.165) is 16.8 Å². The Morgan fingerprint density at radius 1 is 1.38 bits per heavy atom. The number of carbonyl (C=O) groups excluding carboxylic acids is 1. The maximum atomic E-state index is 12.3. The summed E-state index contributed by atoms with van der Waals surface area (Å²) >= 11 is 0. The van der Waals surface area contributed by atoms with Gasteiger partial charge < -0.3 is 19.7 Å². The van der Waals surface area contributed by atoms with Crippen LogP contribution >= 0.6 is 0 Å². The van der Waals surface area contributed by atoms with Crippen molar-refractivity contribution in [3.8, 4) is 5.75 Å². The molecule has 2 N–H and O–H groups in total. The molecule has 1 aromatic heterocycles. The van der Waals surface area contributed by atoms with Gasteiger partial charge in [-0.2, -0.15) is 0 Å². The predicted octanol–water partition coefficient (Wildman–Crippen LogP) is 1.55. The molecule has 1 heterocycles. The Morgan fingerprint density at radius 2 is 2.08 bits per heavy atom. The van der Waals surface area contributed by atoms with Crippen LogP contribution < -0.4 is 10.1 Å². The van der Waals surface area contributed by atoms with Crippen LogP contribution in [-0.2, 0) is 23.2 Å². The number of methoxy groups -OCH3 is 1. The van der Waals surface area contributed by atoms with Crippen molar-refractivity contribution in [3.05, 3.63) is 24.0 Å². The first-order valence-electron chi connectivity index (χ1n) is 7.77. The number of aryl methyl sites for hydroxylation is 1. The number of hydrogen-bond donors (Lipinski definition) is 2. The van der Waals surface area contributed by atoms with Crippen LogP contribution in [0.25, 0.3) is 11.0 Å². The molecule has 1 aromatic carbocycles. The predicted molar refractivity (Wildman–Crippen MR) is 87.5 cm³/mol. The van der Waals surface area contributed by atoms with Gasteiger partial charge in [-0.1, -0.05) is 13.8 Å². The zero-order valence-electron chi connectivity index (χ0n) is 14.2. The number of rotatable bonds is 5. The molecule has 24 heavy (non-hydrogen) atoms. The molecular weight excluding hydrogens is 310 g/mol. The van der Waals surface area contributed by atoms with Gasteiger partial charge >= 0.3 is 5.97 Å². The number of carboxylic acids is 1. The molecule has 1 fully saturated rings. The van der Waals surface area contributed by atoms with Gasteiger partial charge in [-0.05, 0) is 17.5 Å². The maximum absolute atomic E-state index is 12.3. The largest absolute Gasteiger partial charge is 0.497 e. The molecule has 3 rings (SSSR count). The summed E-state index contributed by atoms with van der Waals surface area (Å²) in [6.45, 7) is 3.86. The molecule has 2 aromatic rings. The Hall–Kier alpha value is -2.57. The third-order valence-corrected chi connectivity index (χ3v) is 4.98. The zero-order chi connectivity index (χ0) is 17.6. The topological polar surface area (TPSA) is 93.4 Å². The number of carbonyl (C=O) groups is 2. The molecule has 1 amide bonds. The second-order valence-corrected chi connectivity index (χ2v) is 6.77.